The third-order valence-electron chi connectivity index (χ3n) is 4.53. The molecule has 0 atom stereocenters. The molecule has 0 radical (unpaired) electrons. The molecule has 5 rings (SSSR count). The Morgan fingerprint density at radius 1 is 0.480 bits per heavy atom. The second kappa shape index (κ2) is 5.28. The van der Waals surface area contributed by atoms with Crippen molar-refractivity contribution in [2.45, 2.75) is 39.3 Å². The van der Waals surface area contributed by atoms with Crippen LogP contribution in [0.4, 0.5) is 0 Å². The van der Waals surface area contributed by atoms with Crippen LogP contribution in [0.3, 0.4) is 0 Å². The Hall–Kier alpha value is -0.0262. The van der Waals surface area contributed by atoms with Gasteiger partial charge in [-0.3, -0.25) is 0 Å². The lowest BCUT2D eigenvalue weighted by Crippen LogP contribution is -2.34. The van der Waals surface area contributed by atoms with Crippen molar-refractivity contribution in [2.24, 2.45) is 0 Å². The molecule has 0 spiro atoms. The topological polar surface area (TPSA) is 0 Å². The molecule has 0 amide bonds. The molecule has 0 fully saturated rings. The fourth-order valence-corrected chi connectivity index (χ4v) is 14.2. The van der Waals surface area contributed by atoms with E-state index in [2.05, 4.69) is 85.4 Å². The SMILES string of the molecule is C[Si](C)(C)c1cc2sc3c(sc4c5sc([Si](C)(C)C)cc5sc43)c2s1. The Balaban J connectivity index is 1.79. The summed E-state index contributed by atoms with van der Waals surface area (Å²) in [6, 6.07) is 4.99. The second-order valence-corrected chi connectivity index (χ2v) is 24.8. The zero-order valence-electron chi connectivity index (χ0n) is 15.2. The van der Waals surface area contributed by atoms with Crippen molar-refractivity contribution >= 4 is 119 Å². The van der Waals surface area contributed by atoms with Crippen LogP contribution >= 0.6 is 56.7 Å². The first kappa shape index (κ1) is 17.1. The Kier molecular flexibility index (Phi) is 3.61. The van der Waals surface area contributed by atoms with E-state index in [4.69, 9.17) is 0 Å². The van der Waals surface area contributed by atoms with Gasteiger partial charge in [0.2, 0.25) is 0 Å². The Morgan fingerprint density at radius 2 is 0.840 bits per heavy atom. The smallest absolute Gasteiger partial charge is 0.0904 e. The first-order chi connectivity index (χ1) is 11.6. The summed E-state index contributed by atoms with van der Waals surface area (Å²) in [4.78, 5) is 0. The summed E-state index contributed by atoms with van der Waals surface area (Å²) in [5.74, 6) is 0. The lowest BCUT2D eigenvalue weighted by molar-refractivity contribution is 1.79. The van der Waals surface area contributed by atoms with Gasteiger partial charge in [0.25, 0.3) is 0 Å². The molecule has 0 bridgehead atoms. The van der Waals surface area contributed by atoms with Crippen LogP contribution in [0, 0.1) is 0 Å². The van der Waals surface area contributed by atoms with Gasteiger partial charge in [-0.2, -0.15) is 0 Å². The average molecular weight is 453 g/mol. The van der Waals surface area contributed by atoms with Gasteiger partial charge in [-0.15, -0.1) is 56.7 Å². The fourth-order valence-electron chi connectivity index (χ4n) is 3.06. The lowest BCUT2D eigenvalue weighted by atomic mass is 10.4. The van der Waals surface area contributed by atoms with Crippen LogP contribution in [-0.2, 0) is 0 Å². The van der Waals surface area contributed by atoms with E-state index < -0.39 is 16.1 Å². The van der Waals surface area contributed by atoms with Crippen LogP contribution in [0.1, 0.15) is 0 Å². The molecule has 0 unspecified atom stereocenters. The Morgan fingerprint density at radius 3 is 1.20 bits per heavy atom. The van der Waals surface area contributed by atoms with Crippen molar-refractivity contribution in [3.05, 3.63) is 12.1 Å². The van der Waals surface area contributed by atoms with Crippen LogP contribution in [-0.4, -0.2) is 16.1 Å². The van der Waals surface area contributed by atoms with E-state index in [9.17, 15) is 0 Å². The minimum absolute atomic E-state index is 1.21. The summed E-state index contributed by atoms with van der Waals surface area (Å²) >= 11 is 10.3. The first-order valence-corrected chi connectivity index (χ1v) is 19.5. The van der Waals surface area contributed by atoms with Crippen molar-refractivity contribution in [3.63, 3.8) is 0 Å². The molecule has 0 aliphatic heterocycles. The zero-order valence-corrected chi connectivity index (χ0v) is 21.3. The first-order valence-electron chi connectivity index (χ1n) is 8.45. The van der Waals surface area contributed by atoms with Crippen molar-refractivity contribution in [1.82, 2.24) is 0 Å². The van der Waals surface area contributed by atoms with Crippen LogP contribution in [0.25, 0.3) is 37.6 Å². The summed E-state index contributed by atoms with van der Waals surface area (Å²) in [6.45, 7) is 14.7. The van der Waals surface area contributed by atoms with Gasteiger partial charge in [0.1, 0.15) is 0 Å². The Bertz CT molecular complexity index is 1160. The minimum Gasteiger partial charge on any atom is -0.143 e. The average Bonchev–Trinajstić information content (AvgIpc) is 3.17. The number of rotatable bonds is 2. The van der Waals surface area contributed by atoms with Crippen LogP contribution < -0.4 is 9.00 Å². The highest BCUT2D eigenvalue weighted by atomic mass is 32.1. The molecular formula is C18H20S5Si2. The monoisotopic (exact) mass is 452 g/mol. The molecule has 0 saturated carbocycles. The maximum atomic E-state index is 2.49. The normalized spacial score (nSPS) is 14.0. The van der Waals surface area contributed by atoms with Gasteiger partial charge in [-0.05, 0) is 21.1 Å². The summed E-state index contributed by atoms with van der Waals surface area (Å²) in [5.41, 5.74) is 0. The molecule has 0 aromatic carbocycles. The van der Waals surface area contributed by atoms with Gasteiger partial charge < -0.3 is 0 Å². The number of thiophene rings is 5. The molecule has 0 N–H and O–H groups in total. The third kappa shape index (κ3) is 2.51. The molecule has 25 heavy (non-hydrogen) atoms. The molecule has 130 valence electrons. The van der Waals surface area contributed by atoms with E-state index in [0.29, 0.717) is 0 Å². The van der Waals surface area contributed by atoms with Gasteiger partial charge in [0.05, 0.1) is 44.3 Å². The second-order valence-electron chi connectivity index (χ2n) is 8.73. The van der Waals surface area contributed by atoms with Gasteiger partial charge in [-0.25, -0.2) is 0 Å². The molecule has 0 nitrogen and oxygen atoms in total. The highest BCUT2D eigenvalue weighted by Gasteiger charge is 2.25. The van der Waals surface area contributed by atoms with E-state index >= 15 is 0 Å². The Labute approximate surface area is 169 Å². The van der Waals surface area contributed by atoms with E-state index in [1.165, 1.54) is 9.40 Å². The number of hydrogen-bond donors (Lipinski definition) is 0. The number of fused-ring (bicyclic) bond motifs is 7. The van der Waals surface area contributed by atoms with E-state index in [1.54, 1.807) is 37.2 Å². The van der Waals surface area contributed by atoms with Crippen molar-refractivity contribution in [3.8, 4) is 0 Å². The van der Waals surface area contributed by atoms with Gasteiger partial charge in [-0.1, -0.05) is 39.3 Å². The molecular weight excluding hydrogens is 433 g/mol. The van der Waals surface area contributed by atoms with E-state index in [0.717, 1.165) is 0 Å². The van der Waals surface area contributed by atoms with E-state index in [-0.39, 0.29) is 0 Å². The lowest BCUT2D eigenvalue weighted by Gasteiger charge is -2.11. The summed E-state index contributed by atoms with van der Waals surface area (Å²) in [6.07, 6.45) is 0. The highest BCUT2D eigenvalue weighted by Crippen LogP contribution is 2.52. The van der Waals surface area contributed by atoms with Crippen LogP contribution in [0.5, 0.6) is 0 Å². The minimum atomic E-state index is -1.21. The third-order valence-corrected chi connectivity index (χ3v) is 18.4. The highest BCUT2D eigenvalue weighted by molar-refractivity contribution is 7.50. The van der Waals surface area contributed by atoms with Gasteiger partial charge >= 0.3 is 0 Å². The van der Waals surface area contributed by atoms with Crippen molar-refractivity contribution in [1.29, 1.82) is 0 Å². The molecule has 5 heterocycles. The molecule has 0 saturated heterocycles. The largest absolute Gasteiger partial charge is 0.143 e. The van der Waals surface area contributed by atoms with Crippen molar-refractivity contribution in [2.75, 3.05) is 0 Å². The van der Waals surface area contributed by atoms with Crippen LogP contribution in [0.2, 0.25) is 39.3 Å². The summed E-state index contributed by atoms with van der Waals surface area (Å²) < 4.78 is 15.7. The fraction of sp³-hybridized carbons (Fsp3) is 0.333. The van der Waals surface area contributed by atoms with Gasteiger partial charge in [0.15, 0.2) is 0 Å². The summed E-state index contributed by atoms with van der Waals surface area (Å²) in [5, 5.41) is 0. The molecule has 0 aliphatic rings. The molecule has 5 aromatic heterocycles. The van der Waals surface area contributed by atoms with Crippen LogP contribution in [0.15, 0.2) is 12.1 Å². The molecule has 5 aromatic rings. The maximum Gasteiger partial charge on any atom is 0.0904 e. The molecule has 7 heteroatoms. The molecule has 0 aliphatic carbocycles. The standard InChI is InChI=1S/C18H20S5Si2/c1-24(2,3)11-7-9-13(21-11)15-17(19-9)18-16(23-15)14-10(20-18)8-12(22-14)25(4,5)6/h7-8H,1-6H3. The predicted molar refractivity (Wildman–Crippen MR) is 132 cm³/mol. The van der Waals surface area contributed by atoms with Crippen molar-refractivity contribution < 1.29 is 0 Å². The maximum absolute atomic E-state index is 2.49. The quantitative estimate of drug-likeness (QED) is 0.241. The number of hydrogen-bond acceptors (Lipinski definition) is 5. The summed E-state index contributed by atoms with van der Waals surface area (Å²) in [7, 11) is -2.43. The van der Waals surface area contributed by atoms with Gasteiger partial charge in [0, 0.05) is 9.40 Å². The zero-order chi connectivity index (χ0) is 17.7. The van der Waals surface area contributed by atoms with E-state index in [1.807, 2.05) is 22.7 Å². The predicted octanol–water partition coefficient (Wildman–Crippen LogP) is 7.70.